The van der Waals surface area contributed by atoms with Crippen LogP contribution in [0.4, 0.5) is 0 Å². The van der Waals surface area contributed by atoms with Gasteiger partial charge in [-0.25, -0.2) is 0 Å². The first-order chi connectivity index (χ1) is 6.48. The molecular weight excluding hydrogens is 172 g/mol. The SMILES string of the molecule is CC1=C(C)C[C@@H]2COC(C)(C)C[C@H]2C1. The lowest BCUT2D eigenvalue weighted by Gasteiger charge is -2.43. The molecule has 0 saturated carbocycles. The van der Waals surface area contributed by atoms with Crippen molar-refractivity contribution in [2.24, 2.45) is 11.8 Å². The van der Waals surface area contributed by atoms with Crippen molar-refractivity contribution in [1.82, 2.24) is 0 Å². The Labute approximate surface area is 87.5 Å². The summed E-state index contributed by atoms with van der Waals surface area (Å²) in [6.45, 7) is 10.0. The van der Waals surface area contributed by atoms with Crippen molar-refractivity contribution < 1.29 is 4.74 Å². The molecule has 0 unspecified atom stereocenters. The van der Waals surface area contributed by atoms with Crippen LogP contribution in [-0.2, 0) is 4.74 Å². The third-order valence-electron chi connectivity index (χ3n) is 3.97. The van der Waals surface area contributed by atoms with Gasteiger partial charge in [-0.1, -0.05) is 11.1 Å². The molecule has 1 heteroatoms. The summed E-state index contributed by atoms with van der Waals surface area (Å²) in [7, 11) is 0. The van der Waals surface area contributed by atoms with Gasteiger partial charge >= 0.3 is 0 Å². The summed E-state index contributed by atoms with van der Waals surface area (Å²) in [4.78, 5) is 0. The molecule has 0 N–H and O–H groups in total. The van der Waals surface area contributed by atoms with Crippen LogP contribution in [0, 0.1) is 11.8 Å². The minimum Gasteiger partial charge on any atom is -0.375 e. The fraction of sp³-hybridized carbons (Fsp3) is 0.846. The number of hydrogen-bond donors (Lipinski definition) is 0. The zero-order valence-corrected chi connectivity index (χ0v) is 9.89. The lowest BCUT2D eigenvalue weighted by Crippen LogP contribution is -2.41. The molecule has 2 rings (SSSR count). The van der Waals surface area contributed by atoms with Gasteiger partial charge in [-0.05, 0) is 58.8 Å². The normalized spacial score (nSPS) is 36.9. The molecule has 2 aliphatic rings. The summed E-state index contributed by atoms with van der Waals surface area (Å²) >= 11 is 0. The number of allylic oxidation sites excluding steroid dienone is 2. The molecule has 1 heterocycles. The Hall–Kier alpha value is -0.300. The molecule has 1 nitrogen and oxygen atoms in total. The minimum atomic E-state index is 0.118. The molecule has 14 heavy (non-hydrogen) atoms. The molecule has 2 atom stereocenters. The second-order valence-corrected chi connectivity index (χ2v) is 5.76. The molecule has 0 aromatic rings. The lowest BCUT2D eigenvalue weighted by molar-refractivity contribution is -0.104. The lowest BCUT2D eigenvalue weighted by atomic mass is 9.71. The Morgan fingerprint density at radius 2 is 1.64 bits per heavy atom. The fourth-order valence-electron chi connectivity index (χ4n) is 2.93. The highest BCUT2D eigenvalue weighted by molar-refractivity contribution is 5.16. The highest BCUT2D eigenvalue weighted by atomic mass is 16.5. The molecule has 0 radical (unpaired) electrons. The summed E-state index contributed by atoms with van der Waals surface area (Å²) in [5, 5.41) is 0. The minimum absolute atomic E-state index is 0.118. The third kappa shape index (κ3) is 1.88. The average Bonchev–Trinajstić information content (AvgIpc) is 2.07. The Morgan fingerprint density at radius 3 is 2.29 bits per heavy atom. The summed E-state index contributed by atoms with van der Waals surface area (Å²) < 4.78 is 5.90. The van der Waals surface area contributed by atoms with E-state index in [9.17, 15) is 0 Å². The zero-order valence-electron chi connectivity index (χ0n) is 9.89. The van der Waals surface area contributed by atoms with Gasteiger partial charge < -0.3 is 4.74 Å². The Bertz CT molecular complexity index is 262. The van der Waals surface area contributed by atoms with Crippen LogP contribution in [0.1, 0.15) is 47.0 Å². The Kier molecular flexibility index (Phi) is 2.46. The van der Waals surface area contributed by atoms with E-state index in [1.165, 1.54) is 19.3 Å². The molecule has 1 fully saturated rings. The van der Waals surface area contributed by atoms with Gasteiger partial charge in [0, 0.05) is 0 Å². The van der Waals surface area contributed by atoms with Gasteiger partial charge in [-0.2, -0.15) is 0 Å². The molecule has 0 amide bonds. The second kappa shape index (κ2) is 3.37. The second-order valence-electron chi connectivity index (χ2n) is 5.76. The smallest absolute Gasteiger partial charge is 0.0629 e. The maximum Gasteiger partial charge on any atom is 0.0629 e. The summed E-state index contributed by atoms with van der Waals surface area (Å²) in [5.74, 6) is 1.68. The number of hydrogen-bond acceptors (Lipinski definition) is 1. The standard InChI is InChI=1S/C13H22O/c1-9-5-11-7-13(3,4)14-8-12(11)6-10(9)2/h11-12H,5-8H2,1-4H3/t11-,12-/m1/s1. The highest BCUT2D eigenvalue weighted by Crippen LogP contribution is 2.42. The predicted molar refractivity (Wildman–Crippen MR) is 59.2 cm³/mol. The van der Waals surface area contributed by atoms with Crippen LogP contribution in [0.5, 0.6) is 0 Å². The highest BCUT2D eigenvalue weighted by Gasteiger charge is 2.37. The molecule has 1 aliphatic heterocycles. The zero-order chi connectivity index (χ0) is 10.3. The van der Waals surface area contributed by atoms with Crippen molar-refractivity contribution in [2.75, 3.05) is 6.61 Å². The molecule has 0 aromatic carbocycles. The van der Waals surface area contributed by atoms with E-state index in [0.29, 0.717) is 0 Å². The molecular formula is C13H22O. The van der Waals surface area contributed by atoms with Gasteiger partial charge in [0.2, 0.25) is 0 Å². The Morgan fingerprint density at radius 1 is 1.07 bits per heavy atom. The van der Waals surface area contributed by atoms with E-state index < -0.39 is 0 Å². The van der Waals surface area contributed by atoms with E-state index in [1.54, 1.807) is 11.1 Å². The monoisotopic (exact) mass is 194 g/mol. The van der Waals surface area contributed by atoms with E-state index in [4.69, 9.17) is 4.74 Å². The van der Waals surface area contributed by atoms with Crippen LogP contribution < -0.4 is 0 Å². The van der Waals surface area contributed by atoms with Crippen LogP contribution >= 0.6 is 0 Å². The van der Waals surface area contributed by atoms with Crippen molar-refractivity contribution >= 4 is 0 Å². The number of rotatable bonds is 0. The number of fused-ring (bicyclic) bond motifs is 1. The summed E-state index contributed by atoms with van der Waals surface area (Å²) in [6.07, 6.45) is 3.82. The maximum atomic E-state index is 5.90. The van der Waals surface area contributed by atoms with Crippen LogP contribution in [0.3, 0.4) is 0 Å². The van der Waals surface area contributed by atoms with Crippen molar-refractivity contribution in [3.8, 4) is 0 Å². The van der Waals surface area contributed by atoms with E-state index in [2.05, 4.69) is 27.7 Å². The molecule has 0 spiro atoms. The number of ether oxygens (including phenoxy) is 1. The average molecular weight is 194 g/mol. The molecule has 0 bridgehead atoms. The fourth-order valence-corrected chi connectivity index (χ4v) is 2.93. The van der Waals surface area contributed by atoms with Crippen LogP contribution in [0.2, 0.25) is 0 Å². The van der Waals surface area contributed by atoms with Gasteiger partial charge in [0.15, 0.2) is 0 Å². The van der Waals surface area contributed by atoms with Crippen LogP contribution in [0.25, 0.3) is 0 Å². The third-order valence-corrected chi connectivity index (χ3v) is 3.97. The predicted octanol–water partition coefficient (Wildman–Crippen LogP) is 3.55. The quantitative estimate of drug-likeness (QED) is 0.536. The Balaban J connectivity index is 2.12. The van der Waals surface area contributed by atoms with E-state index in [1.807, 2.05) is 0 Å². The summed E-state index contributed by atoms with van der Waals surface area (Å²) in [6, 6.07) is 0. The van der Waals surface area contributed by atoms with E-state index >= 15 is 0 Å². The van der Waals surface area contributed by atoms with Crippen LogP contribution in [0.15, 0.2) is 11.1 Å². The van der Waals surface area contributed by atoms with Crippen molar-refractivity contribution in [1.29, 1.82) is 0 Å². The maximum absolute atomic E-state index is 5.90. The van der Waals surface area contributed by atoms with Crippen molar-refractivity contribution in [3.63, 3.8) is 0 Å². The van der Waals surface area contributed by atoms with Crippen molar-refractivity contribution in [3.05, 3.63) is 11.1 Å². The molecule has 1 aliphatic carbocycles. The first-order valence-corrected chi connectivity index (χ1v) is 5.77. The van der Waals surface area contributed by atoms with Gasteiger partial charge in [0.25, 0.3) is 0 Å². The van der Waals surface area contributed by atoms with Gasteiger partial charge in [0.05, 0.1) is 12.2 Å². The van der Waals surface area contributed by atoms with Gasteiger partial charge in [-0.15, -0.1) is 0 Å². The van der Waals surface area contributed by atoms with E-state index in [0.717, 1.165) is 18.4 Å². The first kappa shape index (κ1) is 10.2. The molecule has 80 valence electrons. The van der Waals surface area contributed by atoms with Gasteiger partial charge in [-0.3, -0.25) is 0 Å². The topological polar surface area (TPSA) is 9.23 Å². The molecule has 1 saturated heterocycles. The molecule has 0 aromatic heterocycles. The largest absolute Gasteiger partial charge is 0.375 e. The van der Waals surface area contributed by atoms with Crippen molar-refractivity contribution in [2.45, 2.75) is 52.6 Å². The summed E-state index contributed by atoms with van der Waals surface area (Å²) in [5.41, 5.74) is 3.35. The first-order valence-electron chi connectivity index (χ1n) is 5.77. The van der Waals surface area contributed by atoms with Gasteiger partial charge in [0.1, 0.15) is 0 Å². The van der Waals surface area contributed by atoms with E-state index in [-0.39, 0.29) is 5.60 Å². The van der Waals surface area contributed by atoms with Crippen LogP contribution in [-0.4, -0.2) is 12.2 Å².